The first kappa shape index (κ1) is 13.1. The van der Waals surface area contributed by atoms with Crippen molar-refractivity contribution in [3.63, 3.8) is 0 Å². The number of nitrogens with one attached hydrogen (secondary N) is 2. The Morgan fingerprint density at radius 1 is 1.50 bits per heavy atom. The highest BCUT2D eigenvalue weighted by molar-refractivity contribution is 9.10. The average molecular weight is 310 g/mol. The molecule has 2 N–H and O–H groups in total. The van der Waals surface area contributed by atoms with Crippen LogP contribution < -0.4 is 10.1 Å². The molecule has 0 aliphatic heterocycles. The minimum absolute atomic E-state index is 0.266. The molecule has 96 valence electrons. The molecule has 0 fully saturated rings. The molecule has 0 aliphatic rings. The van der Waals surface area contributed by atoms with E-state index in [9.17, 15) is 0 Å². The van der Waals surface area contributed by atoms with Gasteiger partial charge in [0.15, 0.2) is 0 Å². The van der Waals surface area contributed by atoms with Crippen LogP contribution in [0.5, 0.6) is 5.75 Å². The topological polar surface area (TPSA) is 49.9 Å². The van der Waals surface area contributed by atoms with E-state index in [4.69, 9.17) is 4.74 Å². The normalized spacial score (nSPS) is 12.4. The number of hydrogen-bond donors (Lipinski definition) is 2. The van der Waals surface area contributed by atoms with E-state index in [1.807, 2.05) is 18.5 Å². The number of halogens is 1. The number of aromatic nitrogens is 2. The van der Waals surface area contributed by atoms with Crippen LogP contribution in [0.15, 0.2) is 35.1 Å². The molecule has 1 unspecified atom stereocenters. The molecule has 0 amide bonds. The Kier molecular flexibility index (Phi) is 4.38. The third-order valence-electron chi connectivity index (χ3n) is 2.84. The molecule has 0 bridgehead atoms. The van der Waals surface area contributed by atoms with Gasteiger partial charge in [0.1, 0.15) is 5.75 Å². The van der Waals surface area contributed by atoms with Crippen molar-refractivity contribution in [2.24, 2.45) is 0 Å². The number of nitrogens with zero attached hydrogens (tertiary/aromatic N) is 1. The van der Waals surface area contributed by atoms with Crippen molar-refractivity contribution < 1.29 is 4.74 Å². The molecule has 18 heavy (non-hydrogen) atoms. The minimum atomic E-state index is 0.266. The average Bonchev–Trinajstić information content (AvgIpc) is 2.89. The molecular formula is C13H16BrN3O. The summed E-state index contributed by atoms with van der Waals surface area (Å²) in [5.41, 5.74) is 2.36. The monoisotopic (exact) mass is 309 g/mol. The van der Waals surface area contributed by atoms with Gasteiger partial charge in [-0.15, -0.1) is 0 Å². The lowest BCUT2D eigenvalue weighted by molar-refractivity contribution is 0.411. The van der Waals surface area contributed by atoms with Crippen molar-refractivity contribution in [3.05, 3.63) is 46.2 Å². The van der Waals surface area contributed by atoms with E-state index in [0.29, 0.717) is 0 Å². The van der Waals surface area contributed by atoms with Crippen LogP contribution >= 0.6 is 15.9 Å². The predicted octanol–water partition coefficient (Wildman–Crippen LogP) is 3.03. The quantitative estimate of drug-likeness (QED) is 0.892. The summed E-state index contributed by atoms with van der Waals surface area (Å²) in [5, 5.41) is 10.2. The molecule has 0 saturated heterocycles. The number of benzene rings is 1. The van der Waals surface area contributed by atoms with Gasteiger partial charge in [0, 0.05) is 24.3 Å². The van der Waals surface area contributed by atoms with Gasteiger partial charge in [-0.3, -0.25) is 5.10 Å². The molecule has 2 rings (SSSR count). The summed E-state index contributed by atoms with van der Waals surface area (Å²) in [7, 11) is 1.67. The minimum Gasteiger partial charge on any atom is -0.496 e. The van der Waals surface area contributed by atoms with E-state index in [1.165, 1.54) is 5.56 Å². The highest BCUT2D eigenvalue weighted by Crippen LogP contribution is 2.27. The zero-order valence-corrected chi connectivity index (χ0v) is 12.0. The van der Waals surface area contributed by atoms with Gasteiger partial charge >= 0.3 is 0 Å². The summed E-state index contributed by atoms with van der Waals surface area (Å²) in [5.74, 6) is 0.848. The molecule has 0 radical (unpaired) electrons. The van der Waals surface area contributed by atoms with E-state index in [0.717, 1.165) is 22.3 Å². The Bertz CT molecular complexity index is 499. The van der Waals surface area contributed by atoms with E-state index in [2.05, 4.69) is 50.5 Å². The second-order valence-electron chi connectivity index (χ2n) is 4.10. The molecule has 1 heterocycles. The molecular weight excluding hydrogens is 294 g/mol. The van der Waals surface area contributed by atoms with Crippen LogP contribution in [0.1, 0.15) is 24.1 Å². The molecule has 1 aromatic heterocycles. The van der Waals surface area contributed by atoms with Gasteiger partial charge in [-0.05, 0) is 40.5 Å². The highest BCUT2D eigenvalue weighted by atomic mass is 79.9. The fraction of sp³-hybridized carbons (Fsp3) is 0.308. The highest BCUT2D eigenvalue weighted by Gasteiger charge is 2.08. The van der Waals surface area contributed by atoms with Gasteiger partial charge in [0.05, 0.1) is 17.8 Å². The van der Waals surface area contributed by atoms with Crippen molar-refractivity contribution >= 4 is 15.9 Å². The van der Waals surface area contributed by atoms with Crippen molar-refractivity contribution in [1.29, 1.82) is 0 Å². The van der Waals surface area contributed by atoms with E-state index < -0.39 is 0 Å². The lowest BCUT2D eigenvalue weighted by atomic mass is 10.1. The van der Waals surface area contributed by atoms with Crippen molar-refractivity contribution in [3.8, 4) is 5.75 Å². The van der Waals surface area contributed by atoms with Crippen LogP contribution in [0.3, 0.4) is 0 Å². The van der Waals surface area contributed by atoms with E-state index in [1.54, 1.807) is 7.11 Å². The summed E-state index contributed by atoms with van der Waals surface area (Å²) in [6, 6.07) is 6.37. The molecule has 5 heteroatoms. The zero-order valence-electron chi connectivity index (χ0n) is 10.4. The zero-order chi connectivity index (χ0) is 13.0. The second-order valence-corrected chi connectivity index (χ2v) is 4.96. The summed E-state index contributed by atoms with van der Waals surface area (Å²) >= 11 is 3.50. The van der Waals surface area contributed by atoms with Gasteiger partial charge < -0.3 is 10.1 Å². The first-order valence-electron chi connectivity index (χ1n) is 5.75. The molecule has 1 atom stereocenters. The Hall–Kier alpha value is -1.33. The van der Waals surface area contributed by atoms with Crippen LogP contribution in [0.4, 0.5) is 0 Å². The largest absolute Gasteiger partial charge is 0.496 e. The maximum Gasteiger partial charge on any atom is 0.133 e. The summed E-state index contributed by atoms with van der Waals surface area (Å²) in [6.45, 7) is 2.93. The van der Waals surface area contributed by atoms with Crippen LogP contribution in [0.25, 0.3) is 0 Å². The van der Waals surface area contributed by atoms with Gasteiger partial charge in [-0.1, -0.05) is 6.07 Å². The maximum absolute atomic E-state index is 5.22. The Morgan fingerprint density at radius 2 is 2.33 bits per heavy atom. The Balaban J connectivity index is 2.00. The van der Waals surface area contributed by atoms with Crippen LogP contribution in [0, 0.1) is 0 Å². The molecule has 0 spiro atoms. The number of hydrogen-bond acceptors (Lipinski definition) is 3. The molecule has 2 aromatic rings. The second kappa shape index (κ2) is 6.02. The lowest BCUT2D eigenvalue weighted by Gasteiger charge is -2.15. The lowest BCUT2D eigenvalue weighted by Crippen LogP contribution is -2.17. The van der Waals surface area contributed by atoms with Crippen LogP contribution in [0.2, 0.25) is 0 Å². The smallest absolute Gasteiger partial charge is 0.133 e. The van der Waals surface area contributed by atoms with Crippen molar-refractivity contribution in [2.45, 2.75) is 19.5 Å². The van der Waals surface area contributed by atoms with Gasteiger partial charge in [0.25, 0.3) is 0 Å². The van der Waals surface area contributed by atoms with Gasteiger partial charge in [-0.25, -0.2) is 0 Å². The third kappa shape index (κ3) is 3.11. The Labute approximate surface area is 115 Å². The summed E-state index contributed by atoms with van der Waals surface area (Å²) < 4.78 is 6.19. The third-order valence-corrected chi connectivity index (χ3v) is 3.46. The van der Waals surface area contributed by atoms with Crippen molar-refractivity contribution in [1.82, 2.24) is 15.5 Å². The number of ether oxygens (including phenoxy) is 1. The SMILES string of the molecule is COc1ccc(C(C)NCc2cn[nH]c2)cc1Br. The number of methoxy groups -OCH3 is 1. The fourth-order valence-corrected chi connectivity index (χ4v) is 2.27. The van der Waals surface area contributed by atoms with Crippen LogP contribution in [-0.2, 0) is 6.54 Å². The van der Waals surface area contributed by atoms with Crippen molar-refractivity contribution in [2.75, 3.05) is 7.11 Å². The summed E-state index contributed by atoms with van der Waals surface area (Å²) in [6.07, 6.45) is 3.72. The Morgan fingerprint density at radius 3 is 2.94 bits per heavy atom. The van der Waals surface area contributed by atoms with E-state index in [-0.39, 0.29) is 6.04 Å². The number of rotatable bonds is 5. The standard InChI is InChI=1S/C13H16BrN3O/c1-9(15-6-10-7-16-17-8-10)11-3-4-13(18-2)12(14)5-11/h3-5,7-9,15H,6H2,1-2H3,(H,16,17). The van der Waals surface area contributed by atoms with E-state index >= 15 is 0 Å². The molecule has 0 saturated carbocycles. The van der Waals surface area contributed by atoms with Crippen LogP contribution in [-0.4, -0.2) is 17.3 Å². The summed E-state index contributed by atoms with van der Waals surface area (Å²) in [4.78, 5) is 0. The maximum atomic E-state index is 5.22. The number of aromatic amines is 1. The fourth-order valence-electron chi connectivity index (χ4n) is 1.72. The van der Waals surface area contributed by atoms with Gasteiger partial charge in [0.2, 0.25) is 0 Å². The predicted molar refractivity (Wildman–Crippen MR) is 74.5 cm³/mol. The molecule has 0 aliphatic carbocycles. The first-order valence-corrected chi connectivity index (χ1v) is 6.54. The molecule has 4 nitrogen and oxygen atoms in total. The molecule has 1 aromatic carbocycles. The van der Waals surface area contributed by atoms with Gasteiger partial charge in [-0.2, -0.15) is 5.10 Å². The first-order chi connectivity index (χ1) is 8.70. The number of H-pyrrole nitrogens is 1.